The monoisotopic (exact) mass is 271 g/mol. The van der Waals surface area contributed by atoms with Gasteiger partial charge < -0.3 is 4.74 Å². The lowest BCUT2D eigenvalue weighted by atomic mass is 9.95. The maximum Gasteiger partial charge on any atom is 0.147 e. The molecule has 2 aromatic rings. The number of aromatic nitrogens is 2. The van der Waals surface area contributed by atoms with Crippen molar-refractivity contribution in [3.63, 3.8) is 0 Å². The molecular formula is C14H10ClN3O. The molecule has 0 radical (unpaired) electrons. The van der Waals surface area contributed by atoms with E-state index in [0.717, 1.165) is 22.4 Å². The van der Waals surface area contributed by atoms with Crippen molar-refractivity contribution >= 4 is 11.6 Å². The van der Waals surface area contributed by atoms with E-state index in [1.807, 2.05) is 12.1 Å². The standard InChI is InChI=1S/C14H10ClN3O/c15-14-11(7-16)10-3-6-19-8-12(10)13(18-14)9-1-4-17-5-2-9/h1-2,4-5H,3,6,8H2. The molecule has 94 valence electrons. The van der Waals surface area contributed by atoms with E-state index in [2.05, 4.69) is 16.0 Å². The van der Waals surface area contributed by atoms with Crippen molar-refractivity contribution in [1.82, 2.24) is 9.97 Å². The summed E-state index contributed by atoms with van der Waals surface area (Å²) in [6, 6.07) is 5.89. The second-order valence-electron chi connectivity index (χ2n) is 4.23. The lowest BCUT2D eigenvalue weighted by molar-refractivity contribution is 0.111. The van der Waals surface area contributed by atoms with E-state index in [-0.39, 0.29) is 5.15 Å². The van der Waals surface area contributed by atoms with Gasteiger partial charge in [-0.2, -0.15) is 5.26 Å². The highest BCUT2D eigenvalue weighted by molar-refractivity contribution is 6.30. The van der Waals surface area contributed by atoms with Gasteiger partial charge in [0, 0.05) is 23.5 Å². The quantitative estimate of drug-likeness (QED) is 0.748. The highest BCUT2D eigenvalue weighted by Gasteiger charge is 2.22. The Morgan fingerprint density at radius 2 is 2.05 bits per heavy atom. The second-order valence-corrected chi connectivity index (χ2v) is 4.59. The molecule has 0 unspecified atom stereocenters. The Hall–Kier alpha value is -1.96. The van der Waals surface area contributed by atoms with E-state index >= 15 is 0 Å². The summed E-state index contributed by atoms with van der Waals surface area (Å²) in [6.45, 7) is 1.07. The van der Waals surface area contributed by atoms with Gasteiger partial charge >= 0.3 is 0 Å². The van der Waals surface area contributed by atoms with Crippen molar-refractivity contribution in [1.29, 1.82) is 5.26 Å². The molecule has 0 spiro atoms. The average Bonchev–Trinajstić information content (AvgIpc) is 2.47. The molecule has 1 aliphatic rings. The number of nitriles is 1. The number of halogens is 1. The molecule has 2 aromatic heterocycles. The first kappa shape index (κ1) is 12.1. The Kier molecular flexibility index (Phi) is 3.16. The molecular weight excluding hydrogens is 262 g/mol. The first-order valence-electron chi connectivity index (χ1n) is 5.90. The average molecular weight is 272 g/mol. The van der Waals surface area contributed by atoms with Crippen LogP contribution in [0.5, 0.6) is 0 Å². The molecule has 4 nitrogen and oxygen atoms in total. The molecule has 0 aromatic carbocycles. The Morgan fingerprint density at radius 3 is 2.79 bits per heavy atom. The summed E-state index contributed by atoms with van der Waals surface area (Å²) < 4.78 is 5.49. The lowest BCUT2D eigenvalue weighted by Gasteiger charge is -2.21. The van der Waals surface area contributed by atoms with Crippen molar-refractivity contribution in [3.8, 4) is 17.3 Å². The summed E-state index contributed by atoms with van der Waals surface area (Å²) in [5.74, 6) is 0. The van der Waals surface area contributed by atoms with Crippen molar-refractivity contribution in [2.75, 3.05) is 6.61 Å². The van der Waals surface area contributed by atoms with Crippen LogP contribution in [0.2, 0.25) is 5.15 Å². The van der Waals surface area contributed by atoms with E-state index in [9.17, 15) is 5.26 Å². The van der Waals surface area contributed by atoms with Gasteiger partial charge in [-0.3, -0.25) is 4.98 Å². The highest BCUT2D eigenvalue weighted by Crippen LogP contribution is 2.32. The number of fused-ring (bicyclic) bond motifs is 1. The van der Waals surface area contributed by atoms with Crippen LogP contribution in [0.3, 0.4) is 0 Å². The zero-order chi connectivity index (χ0) is 13.2. The Labute approximate surface area is 115 Å². The van der Waals surface area contributed by atoms with Crippen molar-refractivity contribution < 1.29 is 4.74 Å². The van der Waals surface area contributed by atoms with Gasteiger partial charge in [-0.05, 0) is 24.1 Å². The highest BCUT2D eigenvalue weighted by atomic mass is 35.5. The first-order chi connectivity index (χ1) is 9.31. The van der Waals surface area contributed by atoms with Crippen molar-refractivity contribution in [2.24, 2.45) is 0 Å². The molecule has 1 aliphatic heterocycles. The normalized spacial score (nSPS) is 13.7. The summed E-state index contributed by atoms with van der Waals surface area (Å²) in [5.41, 5.74) is 4.10. The number of hydrogen-bond donors (Lipinski definition) is 0. The molecule has 0 atom stereocenters. The van der Waals surface area contributed by atoms with Crippen LogP contribution in [0, 0.1) is 11.3 Å². The zero-order valence-electron chi connectivity index (χ0n) is 10.1. The van der Waals surface area contributed by atoms with Gasteiger partial charge in [-0.15, -0.1) is 0 Å². The fourth-order valence-corrected chi connectivity index (χ4v) is 2.52. The summed E-state index contributed by atoms with van der Waals surface area (Å²) in [4.78, 5) is 8.36. The molecule has 0 aliphatic carbocycles. The van der Waals surface area contributed by atoms with Crippen LogP contribution in [-0.4, -0.2) is 16.6 Å². The predicted octanol–water partition coefficient (Wildman–Crippen LogP) is 2.74. The van der Waals surface area contributed by atoms with Gasteiger partial charge in [-0.1, -0.05) is 11.6 Å². The third kappa shape index (κ3) is 2.07. The Morgan fingerprint density at radius 1 is 1.26 bits per heavy atom. The van der Waals surface area contributed by atoms with E-state index < -0.39 is 0 Å². The van der Waals surface area contributed by atoms with Crippen LogP contribution < -0.4 is 0 Å². The van der Waals surface area contributed by atoms with Crippen molar-refractivity contribution in [3.05, 3.63) is 46.4 Å². The smallest absolute Gasteiger partial charge is 0.147 e. The minimum atomic E-state index is 0.259. The van der Waals surface area contributed by atoms with Gasteiger partial charge in [0.2, 0.25) is 0 Å². The zero-order valence-corrected chi connectivity index (χ0v) is 10.8. The maximum absolute atomic E-state index is 9.21. The summed E-state index contributed by atoms with van der Waals surface area (Å²) >= 11 is 6.13. The van der Waals surface area contributed by atoms with E-state index in [4.69, 9.17) is 16.3 Å². The SMILES string of the molecule is N#Cc1c(Cl)nc(-c2ccncc2)c2c1CCOC2. The number of ether oxygens (including phenoxy) is 1. The molecule has 0 fully saturated rings. The number of pyridine rings is 2. The molecule has 5 heteroatoms. The van der Waals surface area contributed by atoms with Gasteiger partial charge in [0.05, 0.1) is 24.5 Å². The fraction of sp³-hybridized carbons (Fsp3) is 0.214. The molecule has 3 heterocycles. The van der Waals surface area contributed by atoms with Gasteiger partial charge in [0.1, 0.15) is 11.2 Å². The Balaban J connectivity index is 2.27. The third-order valence-corrected chi connectivity index (χ3v) is 3.45. The topological polar surface area (TPSA) is 58.8 Å². The molecule has 0 saturated heterocycles. The third-order valence-electron chi connectivity index (χ3n) is 3.18. The molecule has 0 saturated carbocycles. The van der Waals surface area contributed by atoms with Crippen LogP contribution in [0.1, 0.15) is 16.7 Å². The second kappa shape index (κ2) is 4.96. The largest absolute Gasteiger partial charge is 0.376 e. The first-order valence-corrected chi connectivity index (χ1v) is 6.28. The van der Waals surface area contributed by atoms with Gasteiger partial charge in [0.15, 0.2) is 0 Å². The van der Waals surface area contributed by atoms with Crippen LogP contribution in [-0.2, 0) is 17.8 Å². The predicted molar refractivity (Wildman–Crippen MR) is 70.6 cm³/mol. The molecule has 0 bridgehead atoms. The van der Waals surface area contributed by atoms with Crippen LogP contribution in [0.4, 0.5) is 0 Å². The van der Waals surface area contributed by atoms with E-state index in [1.165, 1.54) is 0 Å². The van der Waals surface area contributed by atoms with Crippen LogP contribution in [0.15, 0.2) is 24.5 Å². The van der Waals surface area contributed by atoms with Crippen LogP contribution >= 0.6 is 11.6 Å². The van der Waals surface area contributed by atoms with Gasteiger partial charge in [0.25, 0.3) is 0 Å². The maximum atomic E-state index is 9.21. The molecule has 0 amide bonds. The van der Waals surface area contributed by atoms with Crippen LogP contribution in [0.25, 0.3) is 11.3 Å². The van der Waals surface area contributed by atoms with Crippen molar-refractivity contribution in [2.45, 2.75) is 13.0 Å². The molecule has 0 N–H and O–H groups in total. The Bertz CT molecular complexity index is 665. The fourth-order valence-electron chi connectivity index (χ4n) is 2.28. The minimum Gasteiger partial charge on any atom is -0.376 e. The minimum absolute atomic E-state index is 0.259. The number of hydrogen-bond acceptors (Lipinski definition) is 4. The summed E-state index contributed by atoms with van der Waals surface area (Å²) in [6.07, 6.45) is 4.11. The number of rotatable bonds is 1. The number of nitrogens with zero attached hydrogens (tertiary/aromatic N) is 3. The van der Waals surface area contributed by atoms with E-state index in [0.29, 0.717) is 25.2 Å². The van der Waals surface area contributed by atoms with E-state index in [1.54, 1.807) is 12.4 Å². The molecule has 3 rings (SSSR count). The lowest BCUT2D eigenvalue weighted by Crippen LogP contribution is -2.14. The summed E-state index contributed by atoms with van der Waals surface area (Å²) in [5, 5.41) is 9.47. The van der Waals surface area contributed by atoms with Gasteiger partial charge in [-0.25, -0.2) is 4.98 Å². The molecule has 19 heavy (non-hydrogen) atoms. The summed E-state index contributed by atoms with van der Waals surface area (Å²) in [7, 11) is 0.